The molecular weight excluding hydrogens is 328 g/mol. The normalized spacial score (nSPS) is 16.0. The van der Waals surface area contributed by atoms with Crippen molar-refractivity contribution in [3.8, 4) is 34.5 Å². The third kappa shape index (κ3) is 2.67. The first kappa shape index (κ1) is 16.8. The molecule has 25 heavy (non-hydrogen) atoms. The van der Waals surface area contributed by atoms with Gasteiger partial charge in [-0.3, -0.25) is 4.79 Å². The van der Waals surface area contributed by atoms with E-state index in [9.17, 15) is 15.0 Å². The highest BCUT2D eigenvalue weighted by molar-refractivity contribution is 6.05. The predicted octanol–water partition coefficient (Wildman–Crippen LogP) is 2.83. The molecule has 7 heteroatoms. The van der Waals surface area contributed by atoms with Crippen LogP contribution >= 0.6 is 0 Å². The standard InChI is InChI=1S/C18H18O7/c1-22-10-6-4-9(5-7-10)12-8-11(19)13-14(20)15(21)17(23-2)18(24-3)16(13)25-12/h4-7,12,20-21H,8H2,1-3H3. The fourth-order valence-electron chi connectivity index (χ4n) is 2.86. The molecule has 2 N–H and O–H groups in total. The van der Waals surface area contributed by atoms with Crippen molar-refractivity contribution in [1.82, 2.24) is 0 Å². The molecule has 0 saturated carbocycles. The van der Waals surface area contributed by atoms with Gasteiger partial charge in [0, 0.05) is 0 Å². The Morgan fingerprint density at radius 2 is 1.60 bits per heavy atom. The molecule has 2 aromatic carbocycles. The zero-order chi connectivity index (χ0) is 18.1. The summed E-state index contributed by atoms with van der Waals surface area (Å²) < 4.78 is 21.4. The zero-order valence-corrected chi connectivity index (χ0v) is 14.0. The van der Waals surface area contributed by atoms with Crippen LogP contribution in [0.3, 0.4) is 0 Å². The second-order valence-corrected chi connectivity index (χ2v) is 5.47. The van der Waals surface area contributed by atoms with Crippen LogP contribution in [0.5, 0.6) is 34.5 Å². The van der Waals surface area contributed by atoms with E-state index in [1.54, 1.807) is 31.4 Å². The molecule has 1 heterocycles. The lowest BCUT2D eigenvalue weighted by Gasteiger charge is -2.28. The molecule has 7 nitrogen and oxygen atoms in total. The van der Waals surface area contributed by atoms with Crippen LogP contribution in [0, 0.1) is 0 Å². The second kappa shape index (κ2) is 6.43. The number of methoxy groups -OCH3 is 3. The van der Waals surface area contributed by atoms with Gasteiger partial charge in [-0.2, -0.15) is 0 Å². The highest BCUT2D eigenvalue weighted by Crippen LogP contribution is 2.55. The number of fused-ring (bicyclic) bond motifs is 1. The Labute approximate surface area is 144 Å². The lowest BCUT2D eigenvalue weighted by Crippen LogP contribution is -2.21. The second-order valence-electron chi connectivity index (χ2n) is 5.47. The number of Topliss-reactive ketones (excluding diaryl/α,β-unsaturated/α-hetero) is 1. The average molecular weight is 346 g/mol. The van der Waals surface area contributed by atoms with Gasteiger partial charge in [-0.25, -0.2) is 0 Å². The third-order valence-electron chi connectivity index (χ3n) is 4.12. The van der Waals surface area contributed by atoms with E-state index in [1.807, 2.05) is 0 Å². The van der Waals surface area contributed by atoms with Gasteiger partial charge in [0.05, 0.1) is 27.8 Å². The number of ketones is 1. The van der Waals surface area contributed by atoms with E-state index in [-0.39, 0.29) is 35.0 Å². The Balaban J connectivity index is 2.09. The summed E-state index contributed by atoms with van der Waals surface area (Å²) in [6.45, 7) is 0. The van der Waals surface area contributed by atoms with Crippen LogP contribution in [-0.4, -0.2) is 37.3 Å². The SMILES string of the molecule is COc1ccc(C2CC(=O)c3c(O)c(O)c(OC)c(OC)c3O2)cc1. The summed E-state index contributed by atoms with van der Waals surface area (Å²) >= 11 is 0. The number of hydrogen-bond donors (Lipinski definition) is 2. The van der Waals surface area contributed by atoms with Gasteiger partial charge in [-0.15, -0.1) is 0 Å². The van der Waals surface area contributed by atoms with E-state index in [2.05, 4.69) is 0 Å². The first-order valence-electron chi connectivity index (χ1n) is 7.55. The molecule has 0 bridgehead atoms. The van der Waals surface area contributed by atoms with Gasteiger partial charge < -0.3 is 29.2 Å². The number of ether oxygens (including phenoxy) is 4. The maximum absolute atomic E-state index is 12.6. The Morgan fingerprint density at radius 3 is 2.16 bits per heavy atom. The first-order valence-corrected chi connectivity index (χ1v) is 7.55. The number of carbonyl (C=O) groups is 1. The zero-order valence-electron chi connectivity index (χ0n) is 14.0. The molecular formula is C18H18O7. The minimum absolute atomic E-state index is 0.0157. The van der Waals surface area contributed by atoms with Crippen LogP contribution in [0.25, 0.3) is 0 Å². The van der Waals surface area contributed by atoms with Crippen LogP contribution in [0.2, 0.25) is 0 Å². The van der Waals surface area contributed by atoms with Crippen molar-refractivity contribution in [1.29, 1.82) is 0 Å². The number of phenols is 2. The highest BCUT2D eigenvalue weighted by Gasteiger charge is 2.37. The lowest BCUT2D eigenvalue weighted by atomic mass is 9.94. The third-order valence-corrected chi connectivity index (χ3v) is 4.12. The Kier molecular flexibility index (Phi) is 4.31. The predicted molar refractivity (Wildman–Crippen MR) is 88.2 cm³/mol. The topological polar surface area (TPSA) is 94.5 Å². The van der Waals surface area contributed by atoms with Crippen molar-refractivity contribution < 1.29 is 34.0 Å². The molecule has 0 fully saturated rings. The highest BCUT2D eigenvalue weighted by atomic mass is 16.5. The summed E-state index contributed by atoms with van der Waals surface area (Å²) in [4.78, 5) is 12.6. The molecule has 0 radical (unpaired) electrons. The Morgan fingerprint density at radius 1 is 0.960 bits per heavy atom. The van der Waals surface area contributed by atoms with Gasteiger partial charge in [0.25, 0.3) is 0 Å². The number of benzene rings is 2. The van der Waals surface area contributed by atoms with E-state index in [4.69, 9.17) is 18.9 Å². The molecule has 1 aliphatic heterocycles. The van der Waals surface area contributed by atoms with Crippen molar-refractivity contribution >= 4 is 5.78 Å². The molecule has 1 aliphatic rings. The van der Waals surface area contributed by atoms with Crippen molar-refractivity contribution in [3.63, 3.8) is 0 Å². The fraction of sp³-hybridized carbons (Fsp3) is 0.278. The summed E-state index contributed by atoms with van der Waals surface area (Å²) in [6, 6.07) is 7.13. The minimum Gasteiger partial charge on any atom is -0.504 e. The Hall–Kier alpha value is -3.09. The molecule has 0 spiro atoms. The maximum atomic E-state index is 12.6. The largest absolute Gasteiger partial charge is 0.504 e. The van der Waals surface area contributed by atoms with E-state index >= 15 is 0 Å². The van der Waals surface area contributed by atoms with Crippen LogP contribution in [0.1, 0.15) is 28.4 Å². The number of aromatic hydroxyl groups is 2. The van der Waals surface area contributed by atoms with Crippen LogP contribution in [0.15, 0.2) is 24.3 Å². The minimum atomic E-state index is -0.578. The molecule has 132 valence electrons. The maximum Gasteiger partial charge on any atom is 0.211 e. The van der Waals surface area contributed by atoms with Crippen LogP contribution < -0.4 is 18.9 Å². The first-order chi connectivity index (χ1) is 12.0. The van der Waals surface area contributed by atoms with E-state index < -0.39 is 17.6 Å². The smallest absolute Gasteiger partial charge is 0.211 e. The van der Waals surface area contributed by atoms with E-state index in [0.717, 1.165) is 5.56 Å². The molecule has 1 atom stereocenters. The monoisotopic (exact) mass is 346 g/mol. The summed E-state index contributed by atoms with van der Waals surface area (Å²) in [5.41, 5.74) is 0.660. The number of phenolic OH excluding ortho intramolecular Hbond substituents is 2. The van der Waals surface area contributed by atoms with Crippen molar-refractivity contribution in [2.45, 2.75) is 12.5 Å². The Bertz CT molecular complexity index is 811. The van der Waals surface area contributed by atoms with Gasteiger partial charge >= 0.3 is 0 Å². The molecule has 0 amide bonds. The van der Waals surface area contributed by atoms with Gasteiger partial charge in [0.1, 0.15) is 17.4 Å². The number of rotatable bonds is 4. The van der Waals surface area contributed by atoms with Gasteiger partial charge in [-0.1, -0.05) is 12.1 Å². The van der Waals surface area contributed by atoms with Crippen molar-refractivity contribution in [2.24, 2.45) is 0 Å². The molecule has 0 aliphatic carbocycles. The van der Waals surface area contributed by atoms with Crippen molar-refractivity contribution in [3.05, 3.63) is 35.4 Å². The molecule has 1 unspecified atom stereocenters. The van der Waals surface area contributed by atoms with Crippen LogP contribution in [-0.2, 0) is 0 Å². The van der Waals surface area contributed by atoms with E-state index in [1.165, 1.54) is 14.2 Å². The summed E-state index contributed by atoms with van der Waals surface area (Å²) in [5.74, 6) is -0.805. The molecule has 2 aromatic rings. The average Bonchev–Trinajstić information content (AvgIpc) is 2.63. The van der Waals surface area contributed by atoms with Gasteiger partial charge in [-0.05, 0) is 17.7 Å². The van der Waals surface area contributed by atoms with Crippen molar-refractivity contribution in [2.75, 3.05) is 21.3 Å². The molecule has 3 rings (SSSR count). The summed E-state index contributed by atoms with van der Waals surface area (Å²) in [6.07, 6.45) is -0.546. The quantitative estimate of drug-likeness (QED) is 0.822. The molecule has 0 aromatic heterocycles. The number of hydrogen-bond acceptors (Lipinski definition) is 7. The van der Waals surface area contributed by atoms with E-state index in [0.29, 0.717) is 5.75 Å². The lowest BCUT2D eigenvalue weighted by molar-refractivity contribution is 0.0834. The van der Waals surface area contributed by atoms with Gasteiger partial charge in [0.15, 0.2) is 17.3 Å². The van der Waals surface area contributed by atoms with Crippen LogP contribution in [0.4, 0.5) is 0 Å². The summed E-state index contributed by atoms with van der Waals surface area (Å²) in [5, 5.41) is 20.2. The number of carbonyl (C=O) groups excluding carboxylic acids is 1. The summed E-state index contributed by atoms with van der Waals surface area (Å²) in [7, 11) is 4.24. The fourth-order valence-corrected chi connectivity index (χ4v) is 2.86. The molecule has 0 saturated heterocycles. The van der Waals surface area contributed by atoms with Gasteiger partial charge in [0.2, 0.25) is 17.2 Å².